The van der Waals surface area contributed by atoms with Crippen molar-refractivity contribution >= 4 is 17.6 Å². The molecule has 2 nitrogen and oxygen atoms in total. The molecule has 14 heavy (non-hydrogen) atoms. The first-order valence-corrected chi connectivity index (χ1v) is 4.87. The number of rotatable bonds is 3. The minimum absolute atomic E-state index is 0.0367. The maximum Gasteiger partial charge on any atom is 0.324 e. The number of carbonyl (C=O) groups excluding carboxylic acids is 1. The van der Waals surface area contributed by atoms with Crippen LogP contribution in [0.1, 0.15) is 18.4 Å². The maximum absolute atomic E-state index is 11.2. The first-order valence-electron chi connectivity index (χ1n) is 4.43. The molecule has 0 unspecified atom stereocenters. The molecule has 0 heterocycles. The molecule has 76 valence electrons. The molecule has 0 saturated heterocycles. The van der Waals surface area contributed by atoms with E-state index >= 15 is 0 Å². The van der Waals surface area contributed by atoms with Crippen LogP contribution in [-0.4, -0.2) is 18.5 Å². The molecule has 1 rings (SSSR count). The molecule has 0 fully saturated rings. The van der Waals surface area contributed by atoms with Crippen molar-refractivity contribution in [2.45, 2.75) is 18.2 Å². The third-order valence-electron chi connectivity index (χ3n) is 2.19. The van der Waals surface area contributed by atoms with Crippen LogP contribution in [0.5, 0.6) is 0 Å². The molecule has 0 aliphatic heterocycles. The van der Waals surface area contributed by atoms with Crippen molar-refractivity contribution in [3.63, 3.8) is 0 Å². The Morgan fingerprint density at radius 2 is 1.93 bits per heavy atom. The third-order valence-corrected chi connectivity index (χ3v) is 2.75. The molecule has 0 aliphatic rings. The zero-order valence-corrected chi connectivity index (χ0v) is 8.99. The Morgan fingerprint density at radius 1 is 1.36 bits per heavy atom. The van der Waals surface area contributed by atoms with Crippen molar-refractivity contribution in [2.24, 2.45) is 0 Å². The summed E-state index contributed by atoms with van der Waals surface area (Å²) in [6, 6.07) is 9.67. The molecule has 0 radical (unpaired) electrons. The van der Waals surface area contributed by atoms with Crippen molar-refractivity contribution < 1.29 is 9.53 Å². The molecular weight excluding hydrogens is 200 g/mol. The summed E-state index contributed by atoms with van der Waals surface area (Å²) >= 11 is 5.94. The summed E-state index contributed by atoms with van der Waals surface area (Å²) in [6.07, 6.45) is 0. The largest absolute Gasteiger partial charge is 0.468 e. The first kappa shape index (κ1) is 11.1. The Balaban J connectivity index is 2.75. The molecule has 1 aromatic carbocycles. The number of halogens is 1. The van der Waals surface area contributed by atoms with Gasteiger partial charge in [-0.15, -0.1) is 11.6 Å². The smallest absolute Gasteiger partial charge is 0.324 e. The van der Waals surface area contributed by atoms with E-state index in [1.165, 1.54) is 7.11 Å². The fourth-order valence-corrected chi connectivity index (χ4v) is 1.48. The van der Waals surface area contributed by atoms with Gasteiger partial charge in [-0.25, -0.2) is 0 Å². The van der Waals surface area contributed by atoms with Gasteiger partial charge in [0.05, 0.1) is 7.11 Å². The molecule has 0 amide bonds. The lowest BCUT2D eigenvalue weighted by molar-refractivity contribution is -0.140. The van der Waals surface area contributed by atoms with Crippen LogP contribution in [0.2, 0.25) is 0 Å². The number of benzene rings is 1. The number of alkyl halides is 1. The van der Waals surface area contributed by atoms with E-state index in [-0.39, 0.29) is 11.9 Å². The average molecular weight is 213 g/mol. The van der Waals surface area contributed by atoms with E-state index in [0.29, 0.717) is 0 Å². The fourth-order valence-electron chi connectivity index (χ4n) is 1.24. The lowest BCUT2D eigenvalue weighted by Gasteiger charge is -2.15. The summed E-state index contributed by atoms with van der Waals surface area (Å²) in [4.78, 5) is 11.2. The molecule has 3 heteroatoms. The molecule has 2 atom stereocenters. The van der Waals surface area contributed by atoms with Gasteiger partial charge in [0.15, 0.2) is 0 Å². The minimum Gasteiger partial charge on any atom is -0.468 e. The summed E-state index contributed by atoms with van der Waals surface area (Å²) < 4.78 is 4.58. The fraction of sp³-hybridized carbons (Fsp3) is 0.364. The highest BCUT2D eigenvalue weighted by molar-refractivity contribution is 6.30. The Morgan fingerprint density at radius 3 is 2.43 bits per heavy atom. The van der Waals surface area contributed by atoms with Crippen molar-refractivity contribution in [1.82, 2.24) is 0 Å². The van der Waals surface area contributed by atoms with Gasteiger partial charge in [0.1, 0.15) is 5.38 Å². The van der Waals surface area contributed by atoms with Crippen LogP contribution in [0.3, 0.4) is 0 Å². The number of ether oxygens (including phenoxy) is 1. The van der Waals surface area contributed by atoms with E-state index in [1.807, 2.05) is 37.3 Å². The topological polar surface area (TPSA) is 26.3 Å². The summed E-state index contributed by atoms with van der Waals surface area (Å²) in [6.45, 7) is 1.91. The minimum atomic E-state index is -0.623. The summed E-state index contributed by atoms with van der Waals surface area (Å²) in [5.74, 6) is -0.423. The second-order valence-electron chi connectivity index (χ2n) is 3.12. The highest BCUT2D eigenvalue weighted by Crippen LogP contribution is 2.23. The molecule has 0 aromatic heterocycles. The van der Waals surface area contributed by atoms with Crippen molar-refractivity contribution in [1.29, 1.82) is 0 Å². The number of hydrogen-bond donors (Lipinski definition) is 0. The molecule has 0 saturated carbocycles. The van der Waals surface area contributed by atoms with Crippen LogP contribution in [0.25, 0.3) is 0 Å². The predicted octanol–water partition coefficient (Wildman–Crippen LogP) is 2.57. The standard InChI is InChI=1S/C11H13ClO2/c1-8(10(12)11(13)14-2)9-6-4-3-5-7-9/h3-8,10H,1-2H3/t8-,10-/m0/s1. The quantitative estimate of drug-likeness (QED) is 0.569. The van der Waals surface area contributed by atoms with Crippen LogP contribution in [0, 0.1) is 0 Å². The van der Waals surface area contributed by atoms with Gasteiger partial charge in [-0.1, -0.05) is 37.3 Å². The van der Waals surface area contributed by atoms with Crippen LogP contribution in [0.4, 0.5) is 0 Å². The number of carbonyl (C=O) groups is 1. The number of hydrogen-bond acceptors (Lipinski definition) is 2. The molecule has 0 aliphatic carbocycles. The lowest BCUT2D eigenvalue weighted by atomic mass is 9.98. The molecule has 0 N–H and O–H groups in total. The highest BCUT2D eigenvalue weighted by atomic mass is 35.5. The monoisotopic (exact) mass is 212 g/mol. The predicted molar refractivity (Wildman–Crippen MR) is 56.5 cm³/mol. The first-order chi connectivity index (χ1) is 6.66. The van der Waals surface area contributed by atoms with Gasteiger partial charge >= 0.3 is 5.97 Å². The van der Waals surface area contributed by atoms with E-state index in [4.69, 9.17) is 11.6 Å². The normalized spacial score (nSPS) is 14.5. The maximum atomic E-state index is 11.2. The Hall–Kier alpha value is -1.02. The van der Waals surface area contributed by atoms with Gasteiger partial charge in [0.2, 0.25) is 0 Å². The van der Waals surface area contributed by atoms with E-state index in [9.17, 15) is 4.79 Å². The van der Waals surface area contributed by atoms with Gasteiger partial charge in [0.25, 0.3) is 0 Å². The third kappa shape index (κ3) is 2.48. The van der Waals surface area contributed by atoms with Crippen molar-refractivity contribution in [3.8, 4) is 0 Å². The van der Waals surface area contributed by atoms with Crippen LogP contribution in [-0.2, 0) is 9.53 Å². The Kier molecular flexibility index (Phi) is 3.96. The van der Waals surface area contributed by atoms with Gasteiger partial charge in [-0.3, -0.25) is 4.79 Å². The zero-order chi connectivity index (χ0) is 10.6. The van der Waals surface area contributed by atoms with Gasteiger partial charge in [-0.2, -0.15) is 0 Å². The van der Waals surface area contributed by atoms with Crippen molar-refractivity contribution in [3.05, 3.63) is 35.9 Å². The molecule has 1 aromatic rings. The Bertz CT molecular complexity index is 297. The van der Waals surface area contributed by atoms with E-state index in [1.54, 1.807) is 0 Å². The van der Waals surface area contributed by atoms with E-state index in [2.05, 4.69) is 4.74 Å². The number of methoxy groups -OCH3 is 1. The van der Waals surface area contributed by atoms with Crippen LogP contribution >= 0.6 is 11.6 Å². The summed E-state index contributed by atoms with van der Waals surface area (Å²) in [5, 5.41) is -0.623. The van der Waals surface area contributed by atoms with E-state index in [0.717, 1.165) is 5.56 Å². The van der Waals surface area contributed by atoms with Crippen LogP contribution < -0.4 is 0 Å². The van der Waals surface area contributed by atoms with Gasteiger partial charge in [0, 0.05) is 5.92 Å². The zero-order valence-electron chi connectivity index (χ0n) is 8.24. The summed E-state index contributed by atoms with van der Waals surface area (Å²) in [5.41, 5.74) is 1.04. The van der Waals surface area contributed by atoms with Crippen molar-refractivity contribution in [2.75, 3.05) is 7.11 Å². The highest BCUT2D eigenvalue weighted by Gasteiger charge is 2.24. The molecule has 0 spiro atoms. The summed E-state index contributed by atoms with van der Waals surface area (Å²) in [7, 11) is 1.34. The second-order valence-corrected chi connectivity index (χ2v) is 3.59. The van der Waals surface area contributed by atoms with Gasteiger partial charge in [-0.05, 0) is 5.56 Å². The van der Waals surface area contributed by atoms with Crippen LogP contribution in [0.15, 0.2) is 30.3 Å². The second kappa shape index (κ2) is 5.01. The van der Waals surface area contributed by atoms with Gasteiger partial charge < -0.3 is 4.74 Å². The molecular formula is C11H13ClO2. The SMILES string of the molecule is COC(=O)[C@@H](Cl)[C@@H](C)c1ccccc1. The Labute approximate surface area is 88.8 Å². The lowest BCUT2D eigenvalue weighted by Crippen LogP contribution is -2.22. The number of esters is 1. The van der Waals surface area contributed by atoms with E-state index < -0.39 is 5.38 Å². The molecule has 0 bridgehead atoms. The average Bonchev–Trinajstić information content (AvgIpc) is 2.27.